The predicted molar refractivity (Wildman–Crippen MR) is 106 cm³/mol. The van der Waals surface area contributed by atoms with Gasteiger partial charge in [-0.05, 0) is 24.1 Å². The smallest absolute Gasteiger partial charge is 0.330 e. The monoisotopic (exact) mass is 381 g/mol. The molecular formula is C21H23N3O4. The van der Waals surface area contributed by atoms with Gasteiger partial charge in [-0.2, -0.15) is 0 Å². The van der Waals surface area contributed by atoms with E-state index >= 15 is 0 Å². The van der Waals surface area contributed by atoms with Gasteiger partial charge in [-0.3, -0.25) is 13.9 Å². The van der Waals surface area contributed by atoms with E-state index in [-0.39, 0.29) is 18.7 Å². The fourth-order valence-corrected chi connectivity index (χ4v) is 3.31. The van der Waals surface area contributed by atoms with Crippen molar-refractivity contribution in [1.29, 1.82) is 0 Å². The highest BCUT2D eigenvalue weighted by Crippen LogP contribution is 2.15. The Hall–Kier alpha value is -3.35. The Morgan fingerprint density at radius 1 is 0.964 bits per heavy atom. The maximum absolute atomic E-state index is 12.7. The van der Waals surface area contributed by atoms with Crippen molar-refractivity contribution >= 4 is 22.9 Å². The van der Waals surface area contributed by atoms with Crippen molar-refractivity contribution < 1.29 is 14.7 Å². The lowest BCUT2D eigenvalue weighted by Crippen LogP contribution is -2.35. The van der Waals surface area contributed by atoms with Gasteiger partial charge in [0.25, 0.3) is 0 Å². The first kappa shape index (κ1) is 19.4. The topological polar surface area (TPSA) is 93.3 Å². The number of carbonyl (C=O) groups excluding carboxylic acids is 1. The summed E-state index contributed by atoms with van der Waals surface area (Å²) in [5.74, 6) is -1.55. The highest BCUT2D eigenvalue weighted by molar-refractivity contribution is 5.84. The summed E-state index contributed by atoms with van der Waals surface area (Å²) in [4.78, 5) is 36.7. The van der Waals surface area contributed by atoms with Crippen LogP contribution in [0.1, 0.15) is 31.4 Å². The Bertz CT molecular complexity index is 1040. The molecule has 2 N–H and O–H groups in total. The van der Waals surface area contributed by atoms with E-state index in [0.717, 1.165) is 17.5 Å². The first-order valence-corrected chi connectivity index (χ1v) is 9.28. The van der Waals surface area contributed by atoms with E-state index in [4.69, 9.17) is 0 Å². The number of carboxylic acid groups (broad SMARTS) is 1. The van der Waals surface area contributed by atoms with Gasteiger partial charge in [-0.25, -0.2) is 9.59 Å². The SMILES string of the molecule is CCCn1c(=O)n(CCC(=O)NC(C(=O)O)c2ccccc2)c2ccccc21. The van der Waals surface area contributed by atoms with Crippen molar-refractivity contribution in [2.75, 3.05) is 0 Å². The van der Waals surface area contributed by atoms with Gasteiger partial charge in [0.05, 0.1) is 11.0 Å². The van der Waals surface area contributed by atoms with Crippen molar-refractivity contribution in [3.05, 3.63) is 70.6 Å². The van der Waals surface area contributed by atoms with Gasteiger partial charge in [0.2, 0.25) is 5.91 Å². The molecule has 0 spiro atoms. The lowest BCUT2D eigenvalue weighted by atomic mass is 10.1. The zero-order valence-corrected chi connectivity index (χ0v) is 15.7. The molecule has 7 heteroatoms. The average Bonchev–Trinajstić information content (AvgIpc) is 2.97. The van der Waals surface area contributed by atoms with Crippen LogP contribution in [0.4, 0.5) is 0 Å². The Kier molecular flexibility index (Phi) is 5.93. The maximum atomic E-state index is 12.7. The minimum atomic E-state index is -1.13. The van der Waals surface area contributed by atoms with E-state index in [0.29, 0.717) is 12.1 Å². The number of nitrogens with one attached hydrogen (secondary N) is 1. The fraction of sp³-hybridized carbons (Fsp3) is 0.286. The van der Waals surface area contributed by atoms with Crippen molar-refractivity contribution in [3.63, 3.8) is 0 Å². The molecule has 0 saturated heterocycles. The summed E-state index contributed by atoms with van der Waals surface area (Å²) in [5.41, 5.74) is 1.95. The maximum Gasteiger partial charge on any atom is 0.330 e. The Balaban J connectivity index is 1.77. The number of amides is 1. The molecule has 1 unspecified atom stereocenters. The molecule has 1 atom stereocenters. The molecule has 3 aromatic rings. The molecule has 0 aliphatic carbocycles. The van der Waals surface area contributed by atoms with Crippen LogP contribution in [0.3, 0.4) is 0 Å². The van der Waals surface area contributed by atoms with E-state index in [9.17, 15) is 19.5 Å². The normalized spacial score (nSPS) is 12.0. The summed E-state index contributed by atoms with van der Waals surface area (Å²) in [6, 6.07) is 14.9. The molecule has 2 aromatic carbocycles. The van der Waals surface area contributed by atoms with Crippen LogP contribution < -0.4 is 11.0 Å². The molecule has 1 amide bonds. The molecule has 0 aliphatic heterocycles. The number of rotatable bonds is 8. The highest BCUT2D eigenvalue weighted by atomic mass is 16.4. The van der Waals surface area contributed by atoms with Crippen LogP contribution in [0.25, 0.3) is 11.0 Å². The van der Waals surface area contributed by atoms with Crippen molar-refractivity contribution in [2.45, 2.75) is 38.9 Å². The quantitative estimate of drug-likeness (QED) is 0.627. The molecule has 146 valence electrons. The lowest BCUT2D eigenvalue weighted by molar-refractivity contribution is -0.142. The molecule has 3 rings (SSSR count). The number of aliphatic carboxylic acids is 1. The van der Waals surface area contributed by atoms with Crippen LogP contribution in [0.5, 0.6) is 0 Å². The number of nitrogens with zero attached hydrogens (tertiary/aromatic N) is 2. The van der Waals surface area contributed by atoms with E-state index in [1.807, 2.05) is 31.2 Å². The second-order valence-electron chi connectivity index (χ2n) is 6.57. The molecule has 28 heavy (non-hydrogen) atoms. The largest absolute Gasteiger partial charge is 0.479 e. The number of carboxylic acids is 1. The van der Waals surface area contributed by atoms with Gasteiger partial charge in [0.15, 0.2) is 6.04 Å². The molecule has 0 saturated carbocycles. The van der Waals surface area contributed by atoms with Crippen LogP contribution in [-0.2, 0) is 22.7 Å². The number of carbonyl (C=O) groups is 2. The molecular weight excluding hydrogens is 358 g/mol. The van der Waals surface area contributed by atoms with E-state index in [1.165, 1.54) is 0 Å². The number of hydrogen-bond acceptors (Lipinski definition) is 3. The second-order valence-corrected chi connectivity index (χ2v) is 6.57. The third kappa shape index (κ3) is 3.98. The van der Waals surface area contributed by atoms with Crippen molar-refractivity contribution in [1.82, 2.24) is 14.5 Å². The molecule has 0 radical (unpaired) electrons. The number of fused-ring (bicyclic) bond motifs is 1. The van der Waals surface area contributed by atoms with Crippen LogP contribution in [0.2, 0.25) is 0 Å². The summed E-state index contributed by atoms with van der Waals surface area (Å²) in [5, 5.41) is 12.0. The van der Waals surface area contributed by atoms with Crippen molar-refractivity contribution in [2.24, 2.45) is 0 Å². The minimum absolute atomic E-state index is 0.0106. The van der Waals surface area contributed by atoms with E-state index in [1.54, 1.807) is 39.5 Å². The molecule has 0 fully saturated rings. The summed E-state index contributed by atoms with van der Waals surface area (Å²) in [6.45, 7) is 2.79. The summed E-state index contributed by atoms with van der Waals surface area (Å²) in [7, 11) is 0. The number of benzene rings is 2. The molecule has 0 aliphatic rings. The van der Waals surface area contributed by atoms with Crippen LogP contribution in [-0.4, -0.2) is 26.1 Å². The standard InChI is InChI=1S/C21H23N3O4/c1-2-13-23-16-10-6-7-11-17(16)24(21(23)28)14-12-18(25)22-19(20(26)27)15-8-4-3-5-9-15/h3-11,19H,2,12-14H2,1H3,(H,22,25)(H,26,27). The van der Waals surface area contributed by atoms with Crippen LogP contribution >= 0.6 is 0 Å². The first-order valence-electron chi connectivity index (χ1n) is 9.28. The van der Waals surface area contributed by atoms with Gasteiger partial charge in [0.1, 0.15) is 0 Å². The zero-order chi connectivity index (χ0) is 20.1. The molecule has 0 bridgehead atoms. The molecule has 1 heterocycles. The lowest BCUT2D eigenvalue weighted by Gasteiger charge is -2.15. The summed E-state index contributed by atoms with van der Waals surface area (Å²) in [6.07, 6.45) is 0.836. The molecule has 1 aromatic heterocycles. The summed E-state index contributed by atoms with van der Waals surface area (Å²) < 4.78 is 3.28. The third-order valence-corrected chi connectivity index (χ3v) is 4.62. The van der Waals surface area contributed by atoms with Crippen LogP contribution in [0.15, 0.2) is 59.4 Å². The average molecular weight is 381 g/mol. The Morgan fingerprint density at radius 3 is 2.11 bits per heavy atom. The van der Waals surface area contributed by atoms with Gasteiger partial charge in [0, 0.05) is 19.5 Å². The Morgan fingerprint density at radius 2 is 1.54 bits per heavy atom. The van der Waals surface area contributed by atoms with Gasteiger partial charge in [-0.1, -0.05) is 49.4 Å². The zero-order valence-electron chi connectivity index (χ0n) is 15.7. The number of para-hydroxylation sites is 2. The van der Waals surface area contributed by atoms with Gasteiger partial charge < -0.3 is 10.4 Å². The highest BCUT2D eigenvalue weighted by Gasteiger charge is 2.22. The number of hydrogen-bond donors (Lipinski definition) is 2. The number of aryl methyl sites for hydroxylation is 2. The first-order chi connectivity index (χ1) is 13.5. The fourth-order valence-electron chi connectivity index (χ4n) is 3.31. The van der Waals surface area contributed by atoms with Gasteiger partial charge in [-0.15, -0.1) is 0 Å². The van der Waals surface area contributed by atoms with Gasteiger partial charge >= 0.3 is 11.7 Å². The second kappa shape index (κ2) is 8.56. The number of aromatic nitrogens is 2. The minimum Gasteiger partial charge on any atom is -0.479 e. The number of imidazole rings is 1. The van der Waals surface area contributed by atoms with Crippen LogP contribution in [0, 0.1) is 0 Å². The third-order valence-electron chi connectivity index (χ3n) is 4.62. The van der Waals surface area contributed by atoms with E-state index in [2.05, 4.69) is 5.32 Å². The van der Waals surface area contributed by atoms with E-state index < -0.39 is 17.9 Å². The summed E-state index contributed by atoms with van der Waals surface area (Å²) >= 11 is 0. The molecule has 7 nitrogen and oxygen atoms in total. The van der Waals surface area contributed by atoms with Crippen molar-refractivity contribution in [3.8, 4) is 0 Å². The Labute approximate surface area is 162 Å². The predicted octanol–water partition coefficient (Wildman–Crippen LogP) is 2.55.